The number of halogens is 1. The molecule has 1 aliphatic rings. The lowest BCUT2D eigenvalue weighted by Gasteiger charge is -2.23. The summed E-state index contributed by atoms with van der Waals surface area (Å²) in [7, 11) is 0. The average molecular weight is 340 g/mol. The number of likely N-dealkylation sites (tertiary alicyclic amines) is 1. The van der Waals surface area contributed by atoms with Crippen molar-refractivity contribution in [1.29, 1.82) is 0 Å². The smallest absolute Gasteiger partial charge is 0.165 e. The van der Waals surface area contributed by atoms with Crippen LogP contribution in [0.4, 0.5) is 0 Å². The maximum atomic E-state index is 12.2. The van der Waals surface area contributed by atoms with Gasteiger partial charge in [0, 0.05) is 35.7 Å². The van der Waals surface area contributed by atoms with Crippen LogP contribution in [0, 0.1) is 0 Å². The van der Waals surface area contributed by atoms with E-state index in [9.17, 15) is 4.79 Å². The van der Waals surface area contributed by atoms with Crippen LogP contribution in [0.3, 0.4) is 0 Å². The van der Waals surface area contributed by atoms with Gasteiger partial charge in [0.2, 0.25) is 0 Å². The number of nitrogens with zero attached hydrogens (tertiary/aromatic N) is 1. The number of ketones is 1. The topological polar surface area (TPSA) is 40.5 Å². The van der Waals surface area contributed by atoms with Crippen molar-refractivity contribution in [2.45, 2.75) is 38.1 Å². The van der Waals surface area contributed by atoms with Gasteiger partial charge in [0.15, 0.2) is 5.78 Å². The van der Waals surface area contributed by atoms with Gasteiger partial charge >= 0.3 is 0 Å². The van der Waals surface area contributed by atoms with Gasteiger partial charge in [-0.15, -0.1) is 0 Å². The van der Waals surface area contributed by atoms with E-state index in [1.807, 2.05) is 24.3 Å². The van der Waals surface area contributed by atoms with Gasteiger partial charge in [0.1, 0.15) is 0 Å². The van der Waals surface area contributed by atoms with E-state index in [4.69, 9.17) is 5.11 Å². The second-order valence-electron chi connectivity index (χ2n) is 5.35. The molecule has 3 nitrogen and oxygen atoms in total. The molecular weight excluding hydrogens is 318 g/mol. The Balaban J connectivity index is 1.85. The van der Waals surface area contributed by atoms with Crippen LogP contribution in [0.25, 0.3) is 0 Å². The lowest BCUT2D eigenvalue weighted by molar-refractivity contribution is 0.0958. The van der Waals surface area contributed by atoms with Crippen LogP contribution in [0.5, 0.6) is 0 Å². The van der Waals surface area contributed by atoms with E-state index in [0.717, 1.165) is 36.0 Å². The monoisotopic (exact) mass is 339 g/mol. The van der Waals surface area contributed by atoms with Crippen molar-refractivity contribution in [1.82, 2.24) is 4.90 Å². The molecule has 0 saturated carbocycles. The predicted octanol–water partition coefficient (Wildman–Crippen LogP) is 3.26. The van der Waals surface area contributed by atoms with E-state index in [2.05, 4.69) is 20.8 Å². The molecule has 1 fully saturated rings. The molecule has 4 heteroatoms. The van der Waals surface area contributed by atoms with Crippen LogP contribution in [-0.2, 0) is 0 Å². The standard InChI is InChI=1S/C16H22BrNO2/c17-15-8-2-1-7-14(15)16(20)9-11-18-10-3-5-13(18)6-4-12-19/h1-2,7-8,13,19H,3-6,9-12H2. The highest BCUT2D eigenvalue weighted by Crippen LogP contribution is 2.23. The molecule has 1 N–H and O–H groups in total. The summed E-state index contributed by atoms with van der Waals surface area (Å²) >= 11 is 3.43. The normalized spacial score (nSPS) is 19.4. The fraction of sp³-hybridized carbons (Fsp3) is 0.562. The summed E-state index contributed by atoms with van der Waals surface area (Å²) in [5.41, 5.74) is 0.776. The van der Waals surface area contributed by atoms with Gasteiger partial charge < -0.3 is 5.11 Å². The fourth-order valence-electron chi connectivity index (χ4n) is 2.91. The van der Waals surface area contributed by atoms with E-state index in [1.165, 1.54) is 12.8 Å². The van der Waals surface area contributed by atoms with Crippen molar-refractivity contribution in [3.8, 4) is 0 Å². The lowest BCUT2D eigenvalue weighted by Crippen LogP contribution is -2.31. The zero-order chi connectivity index (χ0) is 14.4. The number of Topliss-reactive ketones (excluding diaryl/α,β-unsaturated/α-hetero) is 1. The maximum absolute atomic E-state index is 12.2. The highest BCUT2D eigenvalue weighted by atomic mass is 79.9. The minimum Gasteiger partial charge on any atom is -0.396 e. The van der Waals surface area contributed by atoms with Crippen LogP contribution >= 0.6 is 15.9 Å². The zero-order valence-electron chi connectivity index (χ0n) is 11.7. The Morgan fingerprint density at radius 2 is 2.20 bits per heavy atom. The van der Waals surface area contributed by atoms with Crippen molar-refractivity contribution >= 4 is 21.7 Å². The quantitative estimate of drug-likeness (QED) is 0.775. The van der Waals surface area contributed by atoms with E-state index in [1.54, 1.807) is 0 Å². The van der Waals surface area contributed by atoms with Gasteiger partial charge in [0.05, 0.1) is 0 Å². The molecule has 1 heterocycles. The molecule has 1 aromatic carbocycles. The third-order valence-electron chi connectivity index (χ3n) is 3.99. The van der Waals surface area contributed by atoms with Crippen LogP contribution in [0.2, 0.25) is 0 Å². The minimum absolute atomic E-state index is 0.199. The summed E-state index contributed by atoms with van der Waals surface area (Å²) in [4.78, 5) is 14.7. The molecule has 0 aromatic heterocycles. The third kappa shape index (κ3) is 4.14. The largest absolute Gasteiger partial charge is 0.396 e. The molecule has 1 atom stereocenters. The van der Waals surface area contributed by atoms with Crippen LogP contribution in [0.15, 0.2) is 28.7 Å². The molecule has 1 unspecified atom stereocenters. The summed E-state index contributed by atoms with van der Waals surface area (Å²) in [5, 5.41) is 8.93. The fourth-order valence-corrected chi connectivity index (χ4v) is 3.42. The molecule has 0 spiro atoms. The van der Waals surface area contributed by atoms with E-state index in [-0.39, 0.29) is 12.4 Å². The molecule has 0 radical (unpaired) electrons. The molecule has 1 aromatic rings. The van der Waals surface area contributed by atoms with Crippen LogP contribution < -0.4 is 0 Å². The number of aliphatic hydroxyl groups is 1. The maximum Gasteiger partial charge on any atom is 0.165 e. The van der Waals surface area contributed by atoms with E-state index >= 15 is 0 Å². The highest BCUT2D eigenvalue weighted by Gasteiger charge is 2.24. The Hall–Kier alpha value is -0.710. The summed E-state index contributed by atoms with van der Waals surface area (Å²) in [6, 6.07) is 8.16. The Morgan fingerprint density at radius 1 is 1.40 bits per heavy atom. The van der Waals surface area contributed by atoms with Crippen molar-refractivity contribution in [2.75, 3.05) is 19.7 Å². The van der Waals surface area contributed by atoms with Gasteiger partial charge in [-0.25, -0.2) is 0 Å². The Bertz CT molecular complexity index is 450. The molecule has 1 saturated heterocycles. The van der Waals surface area contributed by atoms with Gasteiger partial charge in [-0.1, -0.05) is 34.1 Å². The van der Waals surface area contributed by atoms with E-state index < -0.39 is 0 Å². The minimum atomic E-state index is 0.199. The van der Waals surface area contributed by atoms with Gasteiger partial charge in [-0.3, -0.25) is 9.69 Å². The first-order valence-electron chi connectivity index (χ1n) is 7.35. The number of hydrogen-bond donors (Lipinski definition) is 1. The molecule has 0 amide bonds. The first-order valence-corrected chi connectivity index (χ1v) is 8.14. The number of carbonyl (C=O) groups is 1. The second-order valence-corrected chi connectivity index (χ2v) is 6.21. The van der Waals surface area contributed by atoms with Crippen molar-refractivity contribution in [2.24, 2.45) is 0 Å². The Labute approximate surface area is 129 Å². The van der Waals surface area contributed by atoms with Crippen molar-refractivity contribution in [3.63, 3.8) is 0 Å². The number of aliphatic hydroxyl groups excluding tert-OH is 1. The first-order chi connectivity index (χ1) is 9.72. The van der Waals surface area contributed by atoms with Crippen molar-refractivity contribution < 1.29 is 9.90 Å². The molecule has 110 valence electrons. The summed E-state index contributed by atoms with van der Waals surface area (Å²) < 4.78 is 0.878. The van der Waals surface area contributed by atoms with Gasteiger partial charge in [-0.2, -0.15) is 0 Å². The third-order valence-corrected chi connectivity index (χ3v) is 4.69. The van der Waals surface area contributed by atoms with Gasteiger partial charge in [0.25, 0.3) is 0 Å². The molecule has 1 aliphatic heterocycles. The summed E-state index contributed by atoms with van der Waals surface area (Å²) in [5.74, 6) is 0.199. The first kappa shape index (κ1) is 15.7. The molecular formula is C16H22BrNO2. The number of rotatable bonds is 7. The molecule has 20 heavy (non-hydrogen) atoms. The van der Waals surface area contributed by atoms with E-state index in [0.29, 0.717) is 12.5 Å². The van der Waals surface area contributed by atoms with Crippen LogP contribution in [-0.4, -0.2) is 41.5 Å². The molecule has 2 rings (SSSR count). The molecule has 0 aliphatic carbocycles. The van der Waals surface area contributed by atoms with Gasteiger partial charge in [-0.05, 0) is 38.3 Å². The lowest BCUT2D eigenvalue weighted by atomic mass is 10.1. The SMILES string of the molecule is O=C(CCN1CCCC1CCCO)c1ccccc1Br. The number of hydrogen-bond acceptors (Lipinski definition) is 3. The number of benzene rings is 1. The molecule has 0 bridgehead atoms. The Morgan fingerprint density at radius 3 is 2.95 bits per heavy atom. The van der Waals surface area contributed by atoms with Crippen LogP contribution in [0.1, 0.15) is 42.5 Å². The average Bonchev–Trinajstić information content (AvgIpc) is 2.90. The second kappa shape index (κ2) is 7.91. The summed E-state index contributed by atoms with van der Waals surface area (Å²) in [6.45, 7) is 2.18. The summed E-state index contributed by atoms with van der Waals surface area (Å²) in [6.07, 6.45) is 4.87. The van der Waals surface area contributed by atoms with Crippen molar-refractivity contribution in [3.05, 3.63) is 34.3 Å². The highest BCUT2D eigenvalue weighted by molar-refractivity contribution is 9.10. The number of carbonyl (C=O) groups excluding carboxylic acids is 1. The predicted molar refractivity (Wildman–Crippen MR) is 84.0 cm³/mol. The zero-order valence-corrected chi connectivity index (χ0v) is 13.3. The Kier molecular flexibility index (Phi) is 6.20.